The molecule has 0 aromatic heterocycles. The largest absolute Gasteiger partial charge is 0.419 e. The van der Waals surface area contributed by atoms with E-state index in [1.54, 1.807) is 0 Å². The van der Waals surface area contributed by atoms with Gasteiger partial charge < -0.3 is 4.90 Å². The monoisotopic (exact) mass is 409 g/mol. The van der Waals surface area contributed by atoms with Crippen LogP contribution in [-0.4, -0.2) is 74.9 Å². The molecule has 27 heavy (non-hydrogen) atoms. The molecule has 2 heterocycles. The lowest BCUT2D eigenvalue weighted by Gasteiger charge is -2.42. The zero-order valence-electron chi connectivity index (χ0n) is 15.0. The van der Waals surface area contributed by atoms with E-state index in [1.165, 1.54) is 4.31 Å². The van der Waals surface area contributed by atoms with Gasteiger partial charge in [-0.1, -0.05) is 0 Å². The lowest BCUT2D eigenvalue weighted by atomic mass is 10.0. The molecule has 0 saturated carbocycles. The van der Waals surface area contributed by atoms with Gasteiger partial charge in [-0.05, 0) is 44.6 Å². The minimum Gasteiger partial charge on any atom is -0.305 e. The van der Waals surface area contributed by atoms with Crippen LogP contribution < -0.4 is 0 Å². The van der Waals surface area contributed by atoms with E-state index in [9.17, 15) is 26.0 Å². The van der Waals surface area contributed by atoms with Crippen molar-refractivity contribution in [1.82, 2.24) is 14.1 Å². The SMILES string of the molecule is CN1CCCC(N2CCN(S(=O)(=O)c3ccc(F)c(C(F)(F)F)c3)CC2)C1. The molecule has 0 bridgehead atoms. The molecule has 152 valence electrons. The molecular weight excluding hydrogens is 386 g/mol. The van der Waals surface area contributed by atoms with Crippen LogP contribution in [-0.2, 0) is 16.2 Å². The summed E-state index contributed by atoms with van der Waals surface area (Å²) in [5.41, 5.74) is -1.56. The minimum absolute atomic E-state index is 0.210. The Balaban J connectivity index is 1.72. The highest BCUT2D eigenvalue weighted by molar-refractivity contribution is 7.89. The number of hydrogen-bond acceptors (Lipinski definition) is 4. The summed E-state index contributed by atoms with van der Waals surface area (Å²) in [6.07, 6.45) is -2.79. The standard InChI is InChI=1S/C17H23F4N3O2S/c1-22-6-2-3-13(12-22)23-7-9-24(10-8-23)27(25,26)14-4-5-16(18)15(11-14)17(19,20)21/h4-5,11,13H,2-3,6-10,12H2,1H3. The Morgan fingerprint density at radius 2 is 1.74 bits per heavy atom. The normalized spacial score (nSPS) is 24.3. The van der Waals surface area contributed by atoms with Gasteiger partial charge in [0.1, 0.15) is 5.82 Å². The van der Waals surface area contributed by atoms with E-state index in [0.717, 1.165) is 32.0 Å². The zero-order chi connectivity index (χ0) is 19.8. The molecule has 0 N–H and O–H groups in total. The summed E-state index contributed by atoms with van der Waals surface area (Å²) >= 11 is 0. The molecule has 2 aliphatic rings. The van der Waals surface area contributed by atoms with Crippen LogP contribution >= 0.6 is 0 Å². The molecule has 0 spiro atoms. The molecule has 1 aromatic rings. The maximum absolute atomic E-state index is 13.4. The second-order valence-corrected chi connectivity index (χ2v) is 9.08. The summed E-state index contributed by atoms with van der Waals surface area (Å²) < 4.78 is 78.7. The second kappa shape index (κ2) is 7.65. The number of sulfonamides is 1. The van der Waals surface area contributed by atoms with Gasteiger partial charge in [0, 0.05) is 38.8 Å². The van der Waals surface area contributed by atoms with Gasteiger partial charge in [-0.2, -0.15) is 17.5 Å². The van der Waals surface area contributed by atoms with E-state index in [0.29, 0.717) is 31.3 Å². The molecule has 2 saturated heterocycles. The van der Waals surface area contributed by atoms with Gasteiger partial charge in [-0.3, -0.25) is 4.90 Å². The summed E-state index contributed by atoms with van der Waals surface area (Å²) in [6.45, 7) is 3.47. The number of hydrogen-bond donors (Lipinski definition) is 0. The number of rotatable bonds is 3. The Morgan fingerprint density at radius 3 is 2.33 bits per heavy atom. The highest BCUT2D eigenvalue weighted by atomic mass is 32.2. The highest BCUT2D eigenvalue weighted by Gasteiger charge is 2.37. The summed E-state index contributed by atoms with van der Waals surface area (Å²) in [4.78, 5) is 3.96. The second-order valence-electron chi connectivity index (χ2n) is 7.14. The number of nitrogens with zero attached hydrogens (tertiary/aromatic N) is 3. The summed E-state index contributed by atoms with van der Waals surface area (Å²) in [6, 6.07) is 2.20. The lowest BCUT2D eigenvalue weighted by molar-refractivity contribution is -0.140. The predicted molar refractivity (Wildman–Crippen MR) is 92.3 cm³/mol. The molecule has 10 heteroatoms. The Hall–Kier alpha value is -1.23. The molecule has 1 unspecified atom stereocenters. The van der Waals surface area contributed by atoms with E-state index in [4.69, 9.17) is 0 Å². The van der Waals surface area contributed by atoms with E-state index < -0.39 is 32.5 Å². The number of alkyl halides is 3. The van der Waals surface area contributed by atoms with Crippen LogP contribution in [0.15, 0.2) is 23.1 Å². The first-order valence-corrected chi connectivity index (χ1v) is 10.3. The maximum Gasteiger partial charge on any atom is 0.419 e. The van der Waals surface area contributed by atoms with Gasteiger partial charge in [-0.15, -0.1) is 0 Å². The first kappa shape index (κ1) is 20.5. The first-order valence-electron chi connectivity index (χ1n) is 8.88. The fourth-order valence-corrected chi connectivity index (χ4v) is 5.23. The van der Waals surface area contributed by atoms with Crippen molar-refractivity contribution in [2.75, 3.05) is 46.3 Å². The lowest BCUT2D eigenvalue weighted by Crippen LogP contribution is -2.55. The smallest absolute Gasteiger partial charge is 0.305 e. The average molecular weight is 409 g/mol. The van der Waals surface area contributed by atoms with Crippen molar-refractivity contribution >= 4 is 10.0 Å². The Kier molecular flexibility index (Phi) is 5.81. The molecule has 2 fully saturated rings. The van der Waals surface area contributed by atoms with Gasteiger partial charge in [0.25, 0.3) is 0 Å². The number of piperazine rings is 1. The van der Waals surface area contributed by atoms with Crippen molar-refractivity contribution in [1.29, 1.82) is 0 Å². The number of piperidine rings is 1. The minimum atomic E-state index is -4.94. The van der Waals surface area contributed by atoms with E-state index in [2.05, 4.69) is 16.8 Å². The molecule has 0 amide bonds. The number of likely N-dealkylation sites (N-methyl/N-ethyl adjacent to an activating group) is 1. The molecule has 5 nitrogen and oxygen atoms in total. The van der Waals surface area contributed by atoms with E-state index in [1.807, 2.05) is 0 Å². The van der Waals surface area contributed by atoms with Gasteiger partial charge in [0.2, 0.25) is 10.0 Å². The number of halogens is 4. The highest BCUT2D eigenvalue weighted by Crippen LogP contribution is 2.33. The molecule has 0 aliphatic carbocycles. The van der Waals surface area contributed by atoms with Crippen LogP contribution in [0.5, 0.6) is 0 Å². The average Bonchev–Trinajstić information content (AvgIpc) is 2.61. The van der Waals surface area contributed by atoms with Gasteiger partial charge in [-0.25, -0.2) is 12.8 Å². The molecule has 1 aromatic carbocycles. The van der Waals surface area contributed by atoms with Crippen molar-refractivity contribution < 1.29 is 26.0 Å². The summed E-state index contributed by atoms with van der Waals surface area (Å²) in [5.74, 6) is -1.48. The number of likely N-dealkylation sites (tertiary alicyclic amines) is 1. The quantitative estimate of drug-likeness (QED) is 0.719. The molecule has 0 radical (unpaired) electrons. The third-order valence-electron chi connectivity index (χ3n) is 5.27. The Morgan fingerprint density at radius 1 is 1.07 bits per heavy atom. The summed E-state index contributed by atoms with van der Waals surface area (Å²) in [7, 11) is -2.04. The summed E-state index contributed by atoms with van der Waals surface area (Å²) in [5, 5.41) is 0. The Labute approximate surface area is 156 Å². The third kappa shape index (κ3) is 4.44. The van der Waals surface area contributed by atoms with E-state index in [-0.39, 0.29) is 13.1 Å². The third-order valence-corrected chi connectivity index (χ3v) is 7.16. The van der Waals surface area contributed by atoms with Crippen molar-refractivity contribution in [3.05, 3.63) is 29.6 Å². The predicted octanol–water partition coefficient (Wildman–Crippen LogP) is 2.25. The fraction of sp³-hybridized carbons (Fsp3) is 0.647. The van der Waals surface area contributed by atoms with E-state index >= 15 is 0 Å². The van der Waals surface area contributed by atoms with Crippen molar-refractivity contribution in [3.63, 3.8) is 0 Å². The van der Waals surface area contributed by atoms with Crippen LogP contribution in [0, 0.1) is 5.82 Å². The van der Waals surface area contributed by atoms with Crippen molar-refractivity contribution in [3.8, 4) is 0 Å². The zero-order valence-corrected chi connectivity index (χ0v) is 15.9. The van der Waals surface area contributed by atoms with Gasteiger partial charge in [0.15, 0.2) is 0 Å². The van der Waals surface area contributed by atoms with Crippen LogP contribution in [0.3, 0.4) is 0 Å². The molecular formula is C17H23F4N3O2S. The van der Waals surface area contributed by atoms with Gasteiger partial charge in [0.05, 0.1) is 10.5 Å². The van der Waals surface area contributed by atoms with Crippen LogP contribution in [0.1, 0.15) is 18.4 Å². The van der Waals surface area contributed by atoms with Crippen LogP contribution in [0.25, 0.3) is 0 Å². The van der Waals surface area contributed by atoms with Gasteiger partial charge >= 0.3 is 6.18 Å². The first-order chi connectivity index (χ1) is 12.6. The fourth-order valence-electron chi connectivity index (χ4n) is 3.78. The van der Waals surface area contributed by atoms with Crippen molar-refractivity contribution in [2.24, 2.45) is 0 Å². The van der Waals surface area contributed by atoms with Crippen molar-refractivity contribution in [2.45, 2.75) is 30.0 Å². The van der Waals surface area contributed by atoms with Crippen LogP contribution in [0.2, 0.25) is 0 Å². The molecule has 1 atom stereocenters. The Bertz CT molecular complexity index is 777. The number of benzene rings is 1. The topological polar surface area (TPSA) is 43.9 Å². The maximum atomic E-state index is 13.4. The van der Waals surface area contributed by atoms with Crippen LogP contribution in [0.4, 0.5) is 17.6 Å². The molecule has 2 aliphatic heterocycles. The molecule has 3 rings (SSSR count).